The molecule has 0 saturated heterocycles. The van der Waals surface area contributed by atoms with E-state index in [1.807, 2.05) is 0 Å². The first-order valence-electron chi connectivity index (χ1n) is 11.2. The second-order valence-electron chi connectivity index (χ2n) is 8.97. The van der Waals surface area contributed by atoms with Gasteiger partial charge in [-0.25, -0.2) is 0 Å². The summed E-state index contributed by atoms with van der Waals surface area (Å²) in [6, 6.07) is 37.8. The maximum Gasteiger partial charge on any atom is 0.148 e. The van der Waals surface area contributed by atoms with E-state index in [0.29, 0.717) is 0 Å². The Morgan fingerprint density at radius 3 is 1.85 bits per heavy atom. The Bertz CT molecular complexity index is 1740. The zero-order chi connectivity index (χ0) is 21.7. The van der Waals surface area contributed by atoms with Crippen molar-refractivity contribution in [3.63, 3.8) is 0 Å². The first-order chi connectivity index (χ1) is 16.3. The van der Waals surface area contributed by atoms with E-state index in [2.05, 4.69) is 126 Å². The maximum absolute atomic E-state index is 6.41. The fourth-order valence-electron chi connectivity index (χ4n) is 6.44. The van der Waals surface area contributed by atoms with Gasteiger partial charge in [-0.2, -0.15) is 0 Å². The number of para-hydroxylation sites is 1. The summed E-state index contributed by atoms with van der Waals surface area (Å²) in [6.07, 6.45) is 0. The third-order valence-electron chi connectivity index (χ3n) is 7.57. The van der Waals surface area contributed by atoms with Gasteiger partial charge in [0, 0.05) is 10.8 Å². The van der Waals surface area contributed by atoms with Gasteiger partial charge in [0.05, 0.1) is 8.99 Å². The van der Waals surface area contributed by atoms with Crippen molar-refractivity contribution in [1.82, 2.24) is 0 Å². The molecule has 2 aliphatic rings. The van der Waals surface area contributed by atoms with Crippen LogP contribution in [0.1, 0.15) is 22.3 Å². The van der Waals surface area contributed by atoms with E-state index in [-0.39, 0.29) is 5.41 Å². The Kier molecular flexibility index (Phi) is 3.37. The number of rotatable bonds is 0. The van der Waals surface area contributed by atoms with Gasteiger partial charge in [-0.05, 0) is 79.2 Å². The molecule has 8 rings (SSSR count). The zero-order valence-electron chi connectivity index (χ0n) is 17.6. The van der Waals surface area contributed by atoms with E-state index in [0.717, 1.165) is 14.7 Å². The minimum atomic E-state index is -0.307. The molecule has 0 radical (unpaired) electrons. The molecule has 1 heterocycles. The van der Waals surface area contributed by atoms with Gasteiger partial charge in [0.25, 0.3) is 0 Å². The lowest BCUT2D eigenvalue weighted by molar-refractivity contribution is 0.666. The molecule has 6 aromatic rings. The Morgan fingerprint density at radius 2 is 1.15 bits per heavy atom. The van der Waals surface area contributed by atoms with Crippen molar-refractivity contribution in [3.8, 4) is 22.3 Å². The van der Waals surface area contributed by atoms with Gasteiger partial charge in [0.15, 0.2) is 0 Å². The van der Waals surface area contributed by atoms with E-state index in [1.165, 1.54) is 55.3 Å². The van der Waals surface area contributed by atoms with E-state index >= 15 is 0 Å². The topological polar surface area (TPSA) is 13.1 Å². The zero-order valence-corrected chi connectivity index (χ0v) is 19.8. The largest absolute Gasteiger partial charge is 0.455 e. The molecule has 0 atom stereocenters. The molecule has 0 fully saturated rings. The van der Waals surface area contributed by atoms with Gasteiger partial charge in [-0.15, -0.1) is 0 Å². The van der Waals surface area contributed by atoms with Crippen LogP contribution >= 0.6 is 22.6 Å². The fraction of sp³-hybridized carbons (Fsp3) is 0.0323. The summed E-state index contributed by atoms with van der Waals surface area (Å²) in [5.74, 6) is 0. The van der Waals surface area contributed by atoms with Gasteiger partial charge < -0.3 is 4.42 Å². The molecule has 5 aromatic carbocycles. The van der Waals surface area contributed by atoms with E-state index < -0.39 is 0 Å². The molecule has 0 N–H and O–H groups in total. The SMILES string of the molecule is Ic1cccc2c1oc1ccc3c(c12)-c1ccccc1C31c2ccccc2-c2ccccc21. The summed E-state index contributed by atoms with van der Waals surface area (Å²) >= 11 is 2.38. The second kappa shape index (κ2) is 6.15. The van der Waals surface area contributed by atoms with E-state index in [1.54, 1.807) is 0 Å². The predicted molar refractivity (Wildman–Crippen MR) is 143 cm³/mol. The average molecular weight is 532 g/mol. The first kappa shape index (κ1) is 18.1. The third-order valence-corrected chi connectivity index (χ3v) is 8.42. The molecular formula is C31H17IO. The predicted octanol–water partition coefficient (Wildman–Crippen LogP) is 8.53. The van der Waals surface area contributed by atoms with E-state index in [4.69, 9.17) is 4.42 Å². The molecule has 33 heavy (non-hydrogen) atoms. The summed E-state index contributed by atoms with van der Waals surface area (Å²) in [5.41, 5.74) is 12.4. The van der Waals surface area contributed by atoms with Crippen molar-refractivity contribution >= 4 is 44.5 Å². The van der Waals surface area contributed by atoms with Crippen molar-refractivity contribution < 1.29 is 4.42 Å². The molecule has 2 heteroatoms. The molecule has 1 nitrogen and oxygen atoms in total. The Balaban J connectivity index is 1.64. The van der Waals surface area contributed by atoms with Crippen LogP contribution in [-0.2, 0) is 5.41 Å². The van der Waals surface area contributed by atoms with Crippen LogP contribution in [0, 0.1) is 3.57 Å². The standard InChI is InChI=1S/C31H17IO/c32-26-15-7-11-21-29-27(33-30(21)26)17-16-25-28(29)20-10-3-6-14-24(20)31(25)22-12-4-1-8-18(22)19-9-2-5-13-23(19)31/h1-17H. The normalized spacial score (nSPS) is 14.5. The lowest BCUT2D eigenvalue weighted by atomic mass is 9.70. The second-order valence-corrected chi connectivity index (χ2v) is 10.1. The molecule has 2 aliphatic carbocycles. The lowest BCUT2D eigenvalue weighted by Crippen LogP contribution is -2.25. The van der Waals surface area contributed by atoms with E-state index in [9.17, 15) is 0 Å². The highest BCUT2D eigenvalue weighted by Crippen LogP contribution is 2.64. The minimum Gasteiger partial charge on any atom is -0.455 e. The van der Waals surface area contributed by atoms with Crippen LogP contribution in [0.15, 0.2) is 108 Å². The smallest absolute Gasteiger partial charge is 0.148 e. The van der Waals surface area contributed by atoms with Gasteiger partial charge in [-0.3, -0.25) is 0 Å². The summed E-state index contributed by atoms with van der Waals surface area (Å²) in [5, 5.41) is 2.42. The van der Waals surface area contributed by atoms with Crippen LogP contribution in [0.2, 0.25) is 0 Å². The van der Waals surface area contributed by atoms with Crippen LogP contribution in [0.4, 0.5) is 0 Å². The first-order valence-corrected chi connectivity index (χ1v) is 12.3. The quantitative estimate of drug-likeness (QED) is 0.179. The lowest BCUT2D eigenvalue weighted by Gasteiger charge is -2.30. The number of hydrogen-bond donors (Lipinski definition) is 0. The van der Waals surface area contributed by atoms with Crippen molar-refractivity contribution in [2.45, 2.75) is 5.41 Å². The Labute approximate surface area is 204 Å². The maximum atomic E-state index is 6.41. The van der Waals surface area contributed by atoms with Crippen LogP contribution in [0.5, 0.6) is 0 Å². The minimum absolute atomic E-state index is 0.307. The van der Waals surface area contributed by atoms with Crippen molar-refractivity contribution in [3.05, 3.63) is 129 Å². The van der Waals surface area contributed by atoms with Crippen LogP contribution in [0.3, 0.4) is 0 Å². The highest BCUT2D eigenvalue weighted by molar-refractivity contribution is 14.1. The molecule has 0 aliphatic heterocycles. The molecule has 0 bridgehead atoms. The van der Waals surface area contributed by atoms with Gasteiger partial charge in [0.1, 0.15) is 11.2 Å². The average Bonchev–Trinajstić information content (AvgIpc) is 3.49. The summed E-state index contributed by atoms with van der Waals surface area (Å²) < 4.78 is 7.55. The molecule has 0 amide bonds. The number of hydrogen-bond acceptors (Lipinski definition) is 1. The van der Waals surface area contributed by atoms with Crippen LogP contribution in [0.25, 0.3) is 44.2 Å². The van der Waals surface area contributed by atoms with Crippen molar-refractivity contribution in [2.75, 3.05) is 0 Å². The van der Waals surface area contributed by atoms with Crippen LogP contribution < -0.4 is 0 Å². The Morgan fingerprint density at radius 1 is 0.545 bits per heavy atom. The van der Waals surface area contributed by atoms with Crippen LogP contribution in [-0.4, -0.2) is 0 Å². The highest BCUT2D eigenvalue weighted by Gasteiger charge is 2.52. The molecule has 0 unspecified atom stereocenters. The number of benzene rings is 5. The third kappa shape index (κ3) is 2.00. The van der Waals surface area contributed by atoms with Crippen molar-refractivity contribution in [2.24, 2.45) is 0 Å². The summed E-state index contributed by atoms with van der Waals surface area (Å²) in [7, 11) is 0. The number of furan rings is 1. The molecule has 0 saturated carbocycles. The molecule has 1 spiro atoms. The summed E-state index contributed by atoms with van der Waals surface area (Å²) in [6.45, 7) is 0. The highest BCUT2D eigenvalue weighted by atomic mass is 127. The summed E-state index contributed by atoms with van der Waals surface area (Å²) in [4.78, 5) is 0. The Hall–Kier alpha value is -3.37. The number of halogens is 1. The van der Waals surface area contributed by atoms with Gasteiger partial charge in [-0.1, -0.05) is 91.0 Å². The fourth-order valence-corrected chi connectivity index (χ4v) is 7.04. The monoisotopic (exact) mass is 532 g/mol. The van der Waals surface area contributed by atoms with Gasteiger partial charge >= 0.3 is 0 Å². The van der Waals surface area contributed by atoms with Crippen molar-refractivity contribution in [1.29, 1.82) is 0 Å². The van der Waals surface area contributed by atoms with Gasteiger partial charge in [0.2, 0.25) is 0 Å². The molecular weight excluding hydrogens is 515 g/mol. The molecule has 1 aromatic heterocycles. The molecule has 154 valence electrons. The number of fused-ring (bicyclic) bond motifs is 14.